The van der Waals surface area contributed by atoms with E-state index in [-0.39, 0.29) is 11.8 Å². The molecule has 35 heavy (non-hydrogen) atoms. The van der Waals surface area contributed by atoms with Crippen molar-refractivity contribution in [1.82, 2.24) is 9.55 Å². The number of nitrogens with zero attached hydrogens (tertiary/aromatic N) is 3. The Bertz CT molecular complexity index is 1360. The molecule has 1 aliphatic rings. The normalized spacial score (nSPS) is 15.8. The minimum absolute atomic E-state index is 0.0822. The van der Waals surface area contributed by atoms with Crippen molar-refractivity contribution in [3.63, 3.8) is 0 Å². The van der Waals surface area contributed by atoms with Gasteiger partial charge in [-0.2, -0.15) is 0 Å². The third-order valence-corrected chi connectivity index (χ3v) is 6.94. The molecule has 5 rings (SSSR count). The number of hydrogen-bond donors (Lipinski definition) is 0. The van der Waals surface area contributed by atoms with Crippen LogP contribution in [0.15, 0.2) is 66.7 Å². The number of para-hydroxylation sites is 3. The van der Waals surface area contributed by atoms with Gasteiger partial charge in [0.25, 0.3) is 0 Å². The van der Waals surface area contributed by atoms with Crippen LogP contribution in [0.25, 0.3) is 11.0 Å². The lowest BCUT2D eigenvalue weighted by molar-refractivity contribution is -0.117. The molecule has 0 aliphatic carbocycles. The molecule has 4 aromatic rings. The molecular weight excluding hydrogens is 434 g/mol. The SMILES string of the molecule is Cc1ccc(N2C[C@@H](c3nc4ccccc4n3CCCCOc3ccccc3C)CC2=O)c(C)c1. The Morgan fingerprint density at radius 3 is 2.57 bits per heavy atom. The van der Waals surface area contributed by atoms with Crippen LogP contribution in [0.1, 0.15) is 47.7 Å². The molecule has 1 aromatic heterocycles. The van der Waals surface area contributed by atoms with E-state index in [1.165, 1.54) is 5.56 Å². The molecular formula is C30H33N3O2. The van der Waals surface area contributed by atoms with Crippen LogP contribution in [-0.4, -0.2) is 28.6 Å². The molecule has 0 unspecified atom stereocenters. The van der Waals surface area contributed by atoms with E-state index in [0.717, 1.165) is 58.8 Å². The Balaban J connectivity index is 1.31. The summed E-state index contributed by atoms with van der Waals surface area (Å²) in [4.78, 5) is 20.0. The van der Waals surface area contributed by atoms with Crippen LogP contribution in [-0.2, 0) is 11.3 Å². The summed E-state index contributed by atoms with van der Waals surface area (Å²) in [6, 6.07) is 22.7. The average Bonchev–Trinajstić information content (AvgIpc) is 3.40. The predicted molar refractivity (Wildman–Crippen MR) is 141 cm³/mol. The summed E-state index contributed by atoms with van der Waals surface area (Å²) in [6.45, 7) is 8.46. The molecule has 0 saturated carbocycles. The van der Waals surface area contributed by atoms with Gasteiger partial charge < -0.3 is 14.2 Å². The smallest absolute Gasteiger partial charge is 0.227 e. The highest BCUT2D eigenvalue weighted by Crippen LogP contribution is 2.35. The molecule has 0 radical (unpaired) electrons. The first-order valence-corrected chi connectivity index (χ1v) is 12.5. The molecule has 1 atom stereocenters. The van der Waals surface area contributed by atoms with Crippen LogP contribution in [0, 0.1) is 20.8 Å². The largest absolute Gasteiger partial charge is 0.493 e. The van der Waals surface area contributed by atoms with Crippen LogP contribution >= 0.6 is 0 Å². The number of aryl methyl sites for hydroxylation is 4. The summed E-state index contributed by atoms with van der Waals surface area (Å²) in [7, 11) is 0. The highest BCUT2D eigenvalue weighted by molar-refractivity contribution is 5.97. The number of carbonyl (C=O) groups is 1. The lowest BCUT2D eigenvalue weighted by atomic mass is 10.1. The van der Waals surface area contributed by atoms with Crippen molar-refractivity contribution in [2.24, 2.45) is 0 Å². The number of imidazole rings is 1. The van der Waals surface area contributed by atoms with Gasteiger partial charge in [0.15, 0.2) is 0 Å². The van der Waals surface area contributed by atoms with Gasteiger partial charge in [-0.1, -0.05) is 48.0 Å². The first-order chi connectivity index (χ1) is 17.0. The van der Waals surface area contributed by atoms with Crippen LogP contribution < -0.4 is 9.64 Å². The second-order valence-corrected chi connectivity index (χ2v) is 9.63. The number of hydrogen-bond acceptors (Lipinski definition) is 3. The monoisotopic (exact) mass is 467 g/mol. The van der Waals surface area contributed by atoms with Crippen molar-refractivity contribution in [1.29, 1.82) is 0 Å². The van der Waals surface area contributed by atoms with Gasteiger partial charge >= 0.3 is 0 Å². The number of benzene rings is 3. The van der Waals surface area contributed by atoms with Crippen LogP contribution in [0.5, 0.6) is 5.75 Å². The van der Waals surface area contributed by atoms with Gasteiger partial charge in [0.05, 0.1) is 17.6 Å². The highest BCUT2D eigenvalue weighted by atomic mass is 16.5. The maximum Gasteiger partial charge on any atom is 0.227 e. The molecule has 0 spiro atoms. The Morgan fingerprint density at radius 2 is 1.74 bits per heavy atom. The molecule has 0 N–H and O–H groups in total. The number of amides is 1. The minimum atomic E-state index is 0.0822. The van der Waals surface area contributed by atoms with E-state index in [1.807, 2.05) is 29.2 Å². The fourth-order valence-corrected chi connectivity index (χ4v) is 5.13. The molecule has 1 aliphatic heterocycles. The molecule has 3 aromatic carbocycles. The maximum absolute atomic E-state index is 13.1. The lowest BCUT2D eigenvalue weighted by Gasteiger charge is -2.20. The zero-order valence-electron chi connectivity index (χ0n) is 20.8. The lowest BCUT2D eigenvalue weighted by Crippen LogP contribution is -2.25. The zero-order chi connectivity index (χ0) is 24.4. The van der Waals surface area contributed by atoms with E-state index in [0.29, 0.717) is 19.6 Å². The van der Waals surface area contributed by atoms with Crippen molar-refractivity contribution >= 4 is 22.6 Å². The number of anilines is 1. The third kappa shape index (κ3) is 4.81. The summed E-state index contributed by atoms with van der Waals surface area (Å²) in [5, 5.41) is 0. The zero-order valence-corrected chi connectivity index (χ0v) is 20.8. The number of unbranched alkanes of at least 4 members (excludes halogenated alkanes) is 1. The van der Waals surface area contributed by atoms with Gasteiger partial charge in [-0.3, -0.25) is 4.79 Å². The summed E-state index contributed by atoms with van der Waals surface area (Å²) in [5.41, 5.74) is 6.66. The first kappa shape index (κ1) is 23.2. The second-order valence-electron chi connectivity index (χ2n) is 9.63. The van der Waals surface area contributed by atoms with Crippen LogP contribution in [0.3, 0.4) is 0 Å². The fraction of sp³-hybridized carbons (Fsp3) is 0.333. The van der Waals surface area contributed by atoms with Crippen molar-refractivity contribution in [2.45, 2.75) is 52.5 Å². The van der Waals surface area contributed by atoms with Crippen molar-refractivity contribution < 1.29 is 9.53 Å². The van der Waals surface area contributed by atoms with Crippen LogP contribution in [0.2, 0.25) is 0 Å². The molecule has 1 saturated heterocycles. The van der Waals surface area contributed by atoms with Gasteiger partial charge in [-0.15, -0.1) is 0 Å². The predicted octanol–water partition coefficient (Wildman–Crippen LogP) is 6.34. The second kappa shape index (κ2) is 9.95. The van der Waals surface area contributed by atoms with E-state index < -0.39 is 0 Å². The third-order valence-electron chi connectivity index (χ3n) is 6.94. The maximum atomic E-state index is 13.1. The van der Waals surface area contributed by atoms with E-state index in [2.05, 4.69) is 67.8 Å². The minimum Gasteiger partial charge on any atom is -0.493 e. The average molecular weight is 468 g/mol. The van der Waals surface area contributed by atoms with Gasteiger partial charge in [0.1, 0.15) is 11.6 Å². The van der Waals surface area contributed by atoms with Gasteiger partial charge in [-0.05, 0) is 69.0 Å². The quantitative estimate of drug-likeness (QED) is 0.284. The molecule has 180 valence electrons. The number of carbonyl (C=O) groups excluding carboxylic acids is 1. The van der Waals surface area contributed by atoms with E-state index in [9.17, 15) is 4.79 Å². The highest BCUT2D eigenvalue weighted by Gasteiger charge is 2.35. The topological polar surface area (TPSA) is 47.4 Å². The van der Waals surface area contributed by atoms with E-state index in [1.54, 1.807) is 0 Å². The molecule has 1 amide bonds. The standard InChI is InChI=1S/C30H33N3O2/c1-21-14-15-26(23(3)18-21)33-20-24(19-29(33)34)30-31-25-11-5-6-12-27(25)32(30)16-8-9-17-35-28-13-7-4-10-22(28)2/h4-7,10-15,18,24H,8-9,16-17,19-20H2,1-3H3/t24-/m0/s1. The van der Waals surface area contributed by atoms with Gasteiger partial charge in [0.2, 0.25) is 5.91 Å². The summed E-state index contributed by atoms with van der Waals surface area (Å²) in [5.74, 6) is 2.23. The number of aromatic nitrogens is 2. The summed E-state index contributed by atoms with van der Waals surface area (Å²) < 4.78 is 8.32. The number of rotatable bonds is 8. The van der Waals surface area contributed by atoms with Crippen molar-refractivity contribution in [3.8, 4) is 5.75 Å². The Kier molecular flexibility index (Phi) is 6.58. The van der Waals surface area contributed by atoms with Gasteiger partial charge in [-0.25, -0.2) is 4.98 Å². The van der Waals surface area contributed by atoms with Gasteiger partial charge in [0, 0.05) is 31.1 Å². The molecule has 0 bridgehead atoms. The molecule has 5 nitrogen and oxygen atoms in total. The van der Waals surface area contributed by atoms with Crippen molar-refractivity contribution in [2.75, 3.05) is 18.1 Å². The Labute approximate surface area is 207 Å². The van der Waals surface area contributed by atoms with E-state index >= 15 is 0 Å². The Hall–Kier alpha value is -3.60. The Morgan fingerprint density at radius 1 is 0.943 bits per heavy atom. The molecule has 2 heterocycles. The molecule has 5 heteroatoms. The molecule has 1 fully saturated rings. The first-order valence-electron chi connectivity index (χ1n) is 12.5. The van der Waals surface area contributed by atoms with E-state index in [4.69, 9.17) is 9.72 Å². The van der Waals surface area contributed by atoms with Crippen LogP contribution in [0.4, 0.5) is 5.69 Å². The number of ether oxygens (including phenoxy) is 1. The summed E-state index contributed by atoms with van der Waals surface area (Å²) in [6.07, 6.45) is 2.44. The number of fused-ring (bicyclic) bond motifs is 1. The fourth-order valence-electron chi connectivity index (χ4n) is 5.13. The summed E-state index contributed by atoms with van der Waals surface area (Å²) >= 11 is 0. The van der Waals surface area contributed by atoms with Crippen molar-refractivity contribution in [3.05, 3.63) is 89.2 Å².